The van der Waals surface area contributed by atoms with Gasteiger partial charge in [-0.1, -0.05) is 57.4 Å². The molecule has 3 aliphatic carbocycles. The normalized spacial score (nSPS) is 26.4. The molecule has 0 aromatic rings. The summed E-state index contributed by atoms with van der Waals surface area (Å²) >= 11 is 0. The molecular weight excluding hydrogens is 236 g/mol. The first-order valence-electron chi connectivity index (χ1n) is 8.23. The molecule has 0 saturated heterocycles. The quantitative estimate of drug-likeness (QED) is 0.515. The fraction of sp³-hybridized carbons (Fsp3) is 0.875. The third kappa shape index (κ3) is 3.08. The lowest BCUT2D eigenvalue weighted by Crippen LogP contribution is -2.29. The molecule has 0 aromatic carbocycles. The van der Waals surface area contributed by atoms with Gasteiger partial charge in [-0.05, 0) is 35.9 Å². The van der Waals surface area contributed by atoms with Crippen molar-refractivity contribution in [1.29, 1.82) is 0 Å². The van der Waals surface area contributed by atoms with Gasteiger partial charge < -0.3 is 4.43 Å². The first-order chi connectivity index (χ1) is 8.93. The van der Waals surface area contributed by atoms with E-state index in [0.29, 0.717) is 0 Å². The van der Waals surface area contributed by atoms with Crippen molar-refractivity contribution in [2.75, 3.05) is 6.61 Å². The van der Waals surface area contributed by atoms with E-state index in [2.05, 4.69) is 6.08 Å². The first kappa shape index (κ1) is 12.9. The average Bonchev–Trinajstić information content (AvgIpc) is 3.14. The summed E-state index contributed by atoms with van der Waals surface area (Å²) in [6.07, 6.45) is 18.3. The second-order valence-electron chi connectivity index (χ2n) is 6.62. The minimum absolute atomic E-state index is 0.936. The van der Waals surface area contributed by atoms with Crippen LogP contribution in [0.3, 0.4) is 0 Å². The van der Waals surface area contributed by atoms with Gasteiger partial charge in [0.15, 0.2) is 9.04 Å². The van der Waals surface area contributed by atoms with Gasteiger partial charge >= 0.3 is 0 Å². The van der Waals surface area contributed by atoms with Gasteiger partial charge in [0.1, 0.15) is 0 Å². The topological polar surface area (TPSA) is 9.23 Å². The van der Waals surface area contributed by atoms with Crippen molar-refractivity contribution in [2.24, 2.45) is 0 Å². The lowest BCUT2D eigenvalue weighted by atomic mass is 10.2. The molecule has 2 saturated carbocycles. The van der Waals surface area contributed by atoms with E-state index < -0.39 is 9.04 Å². The van der Waals surface area contributed by atoms with Crippen molar-refractivity contribution in [3.8, 4) is 0 Å². The molecule has 0 radical (unpaired) electrons. The fourth-order valence-electron chi connectivity index (χ4n) is 4.30. The highest BCUT2D eigenvalue weighted by Crippen LogP contribution is 2.43. The molecule has 1 nitrogen and oxygen atoms in total. The third-order valence-electron chi connectivity index (χ3n) is 5.33. The van der Waals surface area contributed by atoms with Gasteiger partial charge in [0, 0.05) is 0 Å². The maximum atomic E-state index is 6.56. The highest BCUT2D eigenvalue weighted by molar-refractivity contribution is 6.55. The van der Waals surface area contributed by atoms with Gasteiger partial charge in [-0.2, -0.15) is 0 Å². The van der Waals surface area contributed by atoms with Crippen LogP contribution < -0.4 is 0 Å². The van der Waals surface area contributed by atoms with E-state index in [-0.39, 0.29) is 0 Å². The highest BCUT2D eigenvalue weighted by Gasteiger charge is 2.35. The SMILES string of the molecule is C1=C(CO[SiH](C2CCCC2)C2CCCC2)CCC1. The summed E-state index contributed by atoms with van der Waals surface area (Å²) in [5.74, 6) is 0. The molecule has 0 unspecified atom stereocenters. The van der Waals surface area contributed by atoms with Crippen LogP contribution in [0.2, 0.25) is 11.1 Å². The lowest BCUT2D eigenvalue weighted by molar-refractivity contribution is 0.330. The minimum atomic E-state index is -0.936. The van der Waals surface area contributed by atoms with Crippen LogP contribution in [0.5, 0.6) is 0 Å². The number of allylic oxidation sites excluding steroid dienone is 1. The van der Waals surface area contributed by atoms with E-state index in [0.717, 1.165) is 17.7 Å². The summed E-state index contributed by atoms with van der Waals surface area (Å²) in [6.45, 7) is 1.00. The molecule has 3 rings (SSSR count). The molecule has 0 bridgehead atoms. The Balaban J connectivity index is 1.57. The molecule has 0 amide bonds. The zero-order valence-electron chi connectivity index (χ0n) is 11.7. The maximum Gasteiger partial charge on any atom is 0.183 e. The maximum absolute atomic E-state index is 6.56. The fourth-order valence-corrected chi connectivity index (χ4v) is 8.28. The van der Waals surface area contributed by atoms with E-state index in [1.54, 1.807) is 5.57 Å². The second kappa shape index (κ2) is 6.38. The van der Waals surface area contributed by atoms with E-state index in [1.807, 2.05) is 0 Å². The molecule has 0 atom stereocenters. The smallest absolute Gasteiger partial charge is 0.183 e. The van der Waals surface area contributed by atoms with Crippen LogP contribution in [0.15, 0.2) is 11.6 Å². The Morgan fingerprint density at radius 3 is 2.06 bits per heavy atom. The van der Waals surface area contributed by atoms with Crippen molar-refractivity contribution in [3.05, 3.63) is 11.6 Å². The predicted molar refractivity (Wildman–Crippen MR) is 79.5 cm³/mol. The van der Waals surface area contributed by atoms with Gasteiger partial charge in [-0.15, -0.1) is 0 Å². The lowest BCUT2D eigenvalue weighted by Gasteiger charge is -2.27. The van der Waals surface area contributed by atoms with Gasteiger partial charge in [-0.3, -0.25) is 0 Å². The molecule has 102 valence electrons. The Morgan fingerprint density at radius 2 is 1.56 bits per heavy atom. The summed E-state index contributed by atoms with van der Waals surface area (Å²) < 4.78 is 6.56. The van der Waals surface area contributed by atoms with Crippen molar-refractivity contribution >= 4 is 9.04 Å². The van der Waals surface area contributed by atoms with E-state index in [4.69, 9.17) is 4.43 Å². The van der Waals surface area contributed by atoms with Crippen LogP contribution in [0, 0.1) is 0 Å². The molecule has 0 heterocycles. The van der Waals surface area contributed by atoms with E-state index in [1.165, 1.54) is 70.6 Å². The minimum Gasteiger partial charge on any atom is -0.416 e. The third-order valence-corrected chi connectivity index (χ3v) is 9.07. The number of hydrogen-bond acceptors (Lipinski definition) is 1. The molecule has 0 spiro atoms. The monoisotopic (exact) mass is 264 g/mol. The van der Waals surface area contributed by atoms with Crippen molar-refractivity contribution in [3.63, 3.8) is 0 Å². The molecule has 0 aromatic heterocycles. The molecular formula is C16H28OSi. The van der Waals surface area contributed by atoms with Gasteiger partial charge in [0.2, 0.25) is 0 Å². The van der Waals surface area contributed by atoms with Crippen LogP contribution in [-0.4, -0.2) is 15.6 Å². The molecule has 2 fully saturated rings. The van der Waals surface area contributed by atoms with Crippen LogP contribution in [0.1, 0.15) is 70.6 Å². The van der Waals surface area contributed by atoms with Crippen LogP contribution in [-0.2, 0) is 4.43 Å². The summed E-state index contributed by atoms with van der Waals surface area (Å²) in [6, 6.07) is 0. The zero-order valence-corrected chi connectivity index (χ0v) is 12.9. The largest absolute Gasteiger partial charge is 0.416 e. The molecule has 3 aliphatic rings. The first-order valence-corrected chi connectivity index (χ1v) is 10.0. The number of rotatable bonds is 5. The van der Waals surface area contributed by atoms with Crippen molar-refractivity contribution in [2.45, 2.75) is 81.7 Å². The van der Waals surface area contributed by atoms with Crippen LogP contribution in [0.25, 0.3) is 0 Å². The van der Waals surface area contributed by atoms with Gasteiger partial charge in [0.25, 0.3) is 0 Å². The number of hydrogen-bond donors (Lipinski definition) is 0. The Morgan fingerprint density at radius 1 is 0.944 bits per heavy atom. The van der Waals surface area contributed by atoms with E-state index in [9.17, 15) is 0 Å². The molecule has 18 heavy (non-hydrogen) atoms. The Bertz CT molecular complexity index is 271. The Kier molecular flexibility index (Phi) is 4.58. The molecule has 2 heteroatoms. The van der Waals surface area contributed by atoms with E-state index >= 15 is 0 Å². The molecule has 0 N–H and O–H groups in total. The zero-order chi connectivity index (χ0) is 12.2. The average molecular weight is 264 g/mol. The standard InChI is InChI=1S/C16H28OSi/c1-2-8-14(7-1)13-17-18(15-9-3-4-10-15)16-11-5-6-12-16/h7,15-16,18H,1-6,8-13H2. The van der Waals surface area contributed by atoms with Crippen molar-refractivity contribution < 1.29 is 4.43 Å². The van der Waals surface area contributed by atoms with Crippen molar-refractivity contribution in [1.82, 2.24) is 0 Å². The summed E-state index contributed by atoms with van der Waals surface area (Å²) in [4.78, 5) is 0. The predicted octanol–water partition coefficient (Wildman–Crippen LogP) is 4.73. The van der Waals surface area contributed by atoms with Gasteiger partial charge in [0.05, 0.1) is 6.61 Å². The summed E-state index contributed by atoms with van der Waals surface area (Å²) in [7, 11) is -0.936. The molecule has 0 aliphatic heterocycles. The van der Waals surface area contributed by atoms with Crippen LogP contribution >= 0.6 is 0 Å². The Hall–Kier alpha value is -0.0831. The van der Waals surface area contributed by atoms with Gasteiger partial charge in [-0.25, -0.2) is 0 Å². The highest BCUT2D eigenvalue weighted by atomic mass is 28.3. The summed E-state index contributed by atoms with van der Waals surface area (Å²) in [5.41, 5.74) is 3.66. The Labute approximate surface area is 114 Å². The van der Waals surface area contributed by atoms with Crippen LogP contribution in [0.4, 0.5) is 0 Å². The second-order valence-corrected chi connectivity index (χ2v) is 9.77. The summed E-state index contributed by atoms with van der Waals surface area (Å²) in [5, 5.41) is 0.